The summed E-state index contributed by atoms with van der Waals surface area (Å²) in [5, 5.41) is 4.29. The highest BCUT2D eigenvalue weighted by Gasteiger charge is 2.19. The Kier molecular flexibility index (Phi) is 3.77. The summed E-state index contributed by atoms with van der Waals surface area (Å²) in [4.78, 5) is 0. The lowest BCUT2D eigenvalue weighted by Gasteiger charge is -2.16. The van der Waals surface area contributed by atoms with Gasteiger partial charge in [0.15, 0.2) is 0 Å². The zero-order valence-electron chi connectivity index (χ0n) is 9.63. The minimum atomic E-state index is -0.0881. The van der Waals surface area contributed by atoms with Crippen LogP contribution >= 0.6 is 23.2 Å². The van der Waals surface area contributed by atoms with Crippen molar-refractivity contribution in [3.8, 4) is 0 Å². The molecule has 0 aliphatic carbocycles. The molecule has 2 nitrogen and oxygen atoms in total. The molecule has 90 valence electrons. The smallest absolute Gasteiger partial charge is 0.125 e. The zero-order valence-corrected chi connectivity index (χ0v) is 11.1. The van der Waals surface area contributed by atoms with Crippen LogP contribution in [0.1, 0.15) is 23.1 Å². The number of halogens is 2. The highest BCUT2D eigenvalue weighted by molar-refractivity contribution is 6.42. The van der Waals surface area contributed by atoms with E-state index in [0.717, 1.165) is 17.1 Å². The quantitative estimate of drug-likeness (QED) is 0.904. The molecule has 2 aromatic rings. The molecule has 0 saturated heterocycles. The Bertz CT molecular complexity index is 522. The van der Waals surface area contributed by atoms with Gasteiger partial charge in [0.05, 0.1) is 16.1 Å². The lowest BCUT2D eigenvalue weighted by atomic mass is 10.0. The van der Waals surface area contributed by atoms with E-state index in [2.05, 4.69) is 5.32 Å². The van der Waals surface area contributed by atoms with E-state index in [9.17, 15) is 0 Å². The number of rotatable bonds is 3. The largest absolute Gasteiger partial charge is 0.464 e. The molecule has 0 fully saturated rings. The second-order valence-corrected chi connectivity index (χ2v) is 4.60. The van der Waals surface area contributed by atoms with Crippen LogP contribution in [0.2, 0.25) is 10.0 Å². The van der Waals surface area contributed by atoms with Crippen LogP contribution in [-0.4, -0.2) is 7.05 Å². The maximum absolute atomic E-state index is 6.21. The summed E-state index contributed by atoms with van der Waals surface area (Å²) in [7, 11) is 1.86. The number of nitrogens with one attached hydrogen (secondary N) is 1. The second kappa shape index (κ2) is 5.13. The van der Waals surface area contributed by atoms with E-state index in [-0.39, 0.29) is 6.04 Å². The Balaban J connectivity index is 2.45. The van der Waals surface area contributed by atoms with E-state index in [1.807, 2.05) is 38.2 Å². The molecule has 1 atom stereocenters. The summed E-state index contributed by atoms with van der Waals surface area (Å²) in [6.07, 6.45) is 0. The summed E-state index contributed by atoms with van der Waals surface area (Å²) in [5.74, 6) is 1.70. The molecule has 17 heavy (non-hydrogen) atoms. The molecule has 1 unspecified atom stereocenters. The molecule has 4 heteroatoms. The first-order valence-corrected chi connectivity index (χ1v) is 6.06. The predicted molar refractivity (Wildman–Crippen MR) is 70.8 cm³/mol. The van der Waals surface area contributed by atoms with Crippen molar-refractivity contribution in [1.29, 1.82) is 0 Å². The third kappa shape index (κ3) is 2.49. The van der Waals surface area contributed by atoms with E-state index >= 15 is 0 Å². The van der Waals surface area contributed by atoms with E-state index in [1.54, 1.807) is 6.07 Å². The van der Waals surface area contributed by atoms with Gasteiger partial charge >= 0.3 is 0 Å². The van der Waals surface area contributed by atoms with Gasteiger partial charge in [-0.25, -0.2) is 0 Å². The molecule has 0 radical (unpaired) electrons. The van der Waals surface area contributed by atoms with Gasteiger partial charge < -0.3 is 9.73 Å². The third-order valence-electron chi connectivity index (χ3n) is 2.63. The number of aryl methyl sites for hydroxylation is 1. The molecule has 0 spiro atoms. The normalized spacial score (nSPS) is 12.7. The minimum absolute atomic E-state index is 0.0881. The fourth-order valence-corrected chi connectivity index (χ4v) is 2.22. The van der Waals surface area contributed by atoms with Crippen molar-refractivity contribution in [3.05, 3.63) is 57.5 Å². The van der Waals surface area contributed by atoms with E-state index in [0.29, 0.717) is 10.0 Å². The van der Waals surface area contributed by atoms with Gasteiger partial charge in [0, 0.05) is 0 Å². The van der Waals surface area contributed by atoms with Gasteiger partial charge in [-0.3, -0.25) is 0 Å². The number of hydrogen-bond donors (Lipinski definition) is 1. The molecular formula is C13H13Cl2NO. The standard InChI is InChI=1S/C13H13Cl2NO/c1-8-6-7-11(17-8)13(16-2)9-4-3-5-10(14)12(9)15/h3-7,13,16H,1-2H3. The average molecular weight is 270 g/mol. The Hall–Kier alpha value is -0.960. The van der Waals surface area contributed by atoms with Gasteiger partial charge in [-0.2, -0.15) is 0 Å². The summed E-state index contributed by atoms with van der Waals surface area (Å²) >= 11 is 12.2. The van der Waals surface area contributed by atoms with Crippen molar-refractivity contribution in [2.45, 2.75) is 13.0 Å². The Morgan fingerprint density at radius 2 is 1.94 bits per heavy atom. The fourth-order valence-electron chi connectivity index (χ4n) is 1.80. The van der Waals surface area contributed by atoms with Gasteiger partial charge in [-0.1, -0.05) is 35.3 Å². The lowest BCUT2D eigenvalue weighted by molar-refractivity contribution is 0.444. The first-order valence-electron chi connectivity index (χ1n) is 5.31. The van der Waals surface area contributed by atoms with E-state index < -0.39 is 0 Å². The molecular weight excluding hydrogens is 257 g/mol. The van der Waals surface area contributed by atoms with Gasteiger partial charge in [0.25, 0.3) is 0 Å². The average Bonchev–Trinajstić information content (AvgIpc) is 2.72. The fraction of sp³-hybridized carbons (Fsp3) is 0.231. The predicted octanol–water partition coefficient (Wildman–Crippen LogP) is 4.20. The van der Waals surface area contributed by atoms with Crippen LogP contribution in [-0.2, 0) is 0 Å². The van der Waals surface area contributed by atoms with Crippen LogP contribution in [0.4, 0.5) is 0 Å². The van der Waals surface area contributed by atoms with Crippen LogP contribution in [0.3, 0.4) is 0 Å². The molecule has 1 N–H and O–H groups in total. The highest BCUT2D eigenvalue weighted by atomic mass is 35.5. The summed E-state index contributed by atoms with van der Waals surface area (Å²) in [6, 6.07) is 9.37. The highest BCUT2D eigenvalue weighted by Crippen LogP contribution is 2.33. The molecule has 1 heterocycles. The summed E-state index contributed by atoms with van der Waals surface area (Å²) in [6.45, 7) is 1.91. The maximum Gasteiger partial charge on any atom is 0.125 e. The molecule has 1 aromatic heterocycles. The van der Waals surface area contributed by atoms with Crippen LogP contribution in [0.5, 0.6) is 0 Å². The maximum atomic E-state index is 6.21. The van der Waals surface area contributed by atoms with Crippen LogP contribution in [0, 0.1) is 6.92 Å². The molecule has 0 aliphatic heterocycles. The van der Waals surface area contributed by atoms with Gasteiger partial charge in [0.1, 0.15) is 11.5 Å². The van der Waals surface area contributed by atoms with Crippen LogP contribution in [0.15, 0.2) is 34.7 Å². The third-order valence-corrected chi connectivity index (χ3v) is 3.46. The lowest BCUT2D eigenvalue weighted by Crippen LogP contribution is -2.17. The van der Waals surface area contributed by atoms with Crippen LogP contribution < -0.4 is 5.32 Å². The summed E-state index contributed by atoms with van der Waals surface area (Å²) < 4.78 is 5.62. The van der Waals surface area contributed by atoms with Crippen molar-refractivity contribution in [2.24, 2.45) is 0 Å². The number of benzene rings is 1. The molecule has 1 aromatic carbocycles. The molecule has 0 amide bonds. The Labute approximate surface area is 111 Å². The van der Waals surface area contributed by atoms with Gasteiger partial charge in [0.2, 0.25) is 0 Å². The van der Waals surface area contributed by atoms with Crippen molar-refractivity contribution in [3.63, 3.8) is 0 Å². The minimum Gasteiger partial charge on any atom is -0.464 e. The second-order valence-electron chi connectivity index (χ2n) is 3.81. The van der Waals surface area contributed by atoms with E-state index in [4.69, 9.17) is 27.6 Å². The van der Waals surface area contributed by atoms with E-state index in [1.165, 1.54) is 0 Å². The van der Waals surface area contributed by atoms with Crippen molar-refractivity contribution in [1.82, 2.24) is 5.32 Å². The van der Waals surface area contributed by atoms with Gasteiger partial charge in [-0.05, 0) is 37.7 Å². The molecule has 0 saturated carbocycles. The number of hydrogen-bond acceptors (Lipinski definition) is 2. The first-order chi connectivity index (χ1) is 8.13. The van der Waals surface area contributed by atoms with Crippen LogP contribution in [0.25, 0.3) is 0 Å². The monoisotopic (exact) mass is 269 g/mol. The topological polar surface area (TPSA) is 25.2 Å². The molecule has 0 bridgehead atoms. The zero-order chi connectivity index (χ0) is 12.4. The van der Waals surface area contributed by atoms with Crippen molar-refractivity contribution in [2.75, 3.05) is 7.05 Å². The van der Waals surface area contributed by atoms with Gasteiger partial charge in [-0.15, -0.1) is 0 Å². The SMILES string of the molecule is CNC(c1ccc(C)o1)c1cccc(Cl)c1Cl. The summed E-state index contributed by atoms with van der Waals surface area (Å²) in [5.41, 5.74) is 0.913. The molecule has 0 aliphatic rings. The molecule has 2 rings (SSSR count). The number of furan rings is 1. The Morgan fingerprint density at radius 3 is 2.53 bits per heavy atom. The first kappa shape index (κ1) is 12.5. The van der Waals surface area contributed by atoms with Crippen molar-refractivity contribution >= 4 is 23.2 Å². The van der Waals surface area contributed by atoms with Crippen molar-refractivity contribution < 1.29 is 4.42 Å². The Morgan fingerprint density at radius 1 is 1.18 bits per heavy atom.